The minimum Gasteiger partial charge on any atom is -0.495 e. The molecule has 4 heterocycles. The predicted molar refractivity (Wildman–Crippen MR) is 147 cm³/mol. The highest BCUT2D eigenvalue weighted by Gasteiger charge is 2.25. The Balaban J connectivity index is 1.31. The van der Waals surface area contributed by atoms with Crippen LogP contribution in [-0.4, -0.2) is 71.3 Å². The molecular weight excluding hydrogens is 514 g/mol. The summed E-state index contributed by atoms with van der Waals surface area (Å²) in [6.45, 7) is 1.04. The summed E-state index contributed by atoms with van der Waals surface area (Å²) < 4.78 is 17.0. The number of nitrogens with one attached hydrogen (secondary N) is 4. The lowest BCUT2D eigenvalue weighted by molar-refractivity contribution is -0.00346. The van der Waals surface area contributed by atoms with Gasteiger partial charge < -0.3 is 35.1 Å². The summed E-state index contributed by atoms with van der Waals surface area (Å²) in [5.41, 5.74) is 3.59. The number of carbonyl (C=O) groups is 2. The van der Waals surface area contributed by atoms with Crippen molar-refractivity contribution in [3.8, 4) is 22.8 Å². The number of pyridine rings is 1. The fourth-order valence-electron chi connectivity index (χ4n) is 4.47. The van der Waals surface area contributed by atoms with Crippen LogP contribution in [-0.2, 0) is 4.74 Å². The normalized spacial score (nSPS) is 15.2. The third-order valence-electron chi connectivity index (χ3n) is 7.05. The molecule has 12 nitrogen and oxygen atoms in total. The van der Waals surface area contributed by atoms with Crippen molar-refractivity contribution in [3.05, 3.63) is 54.0 Å². The zero-order chi connectivity index (χ0) is 27.6. The van der Waals surface area contributed by atoms with Crippen molar-refractivity contribution >= 4 is 34.5 Å². The third-order valence-corrected chi connectivity index (χ3v) is 7.05. The van der Waals surface area contributed by atoms with Crippen LogP contribution in [0.5, 0.6) is 11.6 Å². The maximum absolute atomic E-state index is 12.6. The first-order valence-corrected chi connectivity index (χ1v) is 13.1. The summed E-state index contributed by atoms with van der Waals surface area (Å²) in [6.07, 6.45) is 6.58. The molecule has 40 heavy (non-hydrogen) atoms. The van der Waals surface area contributed by atoms with E-state index >= 15 is 0 Å². The van der Waals surface area contributed by atoms with E-state index < -0.39 is 0 Å². The lowest BCUT2D eigenvalue weighted by atomic mass is 9.96. The number of hydrogen-bond acceptors (Lipinski definition) is 9. The average molecular weight is 544 g/mol. The van der Waals surface area contributed by atoms with Crippen molar-refractivity contribution in [3.63, 3.8) is 0 Å². The molecule has 6 rings (SSSR count). The highest BCUT2D eigenvalue weighted by Crippen LogP contribution is 2.37. The molecule has 1 aliphatic heterocycles. The number of nitrogens with zero attached hydrogens (tertiary/aromatic N) is 3. The second kappa shape index (κ2) is 10.8. The van der Waals surface area contributed by atoms with Gasteiger partial charge in [-0.1, -0.05) is 6.07 Å². The first-order chi connectivity index (χ1) is 19.5. The van der Waals surface area contributed by atoms with Crippen LogP contribution in [0.2, 0.25) is 0 Å². The molecule has 2 amide bonds. The maximum atomic E-state index is 12.6. The molecule has 1 aromatic carbocycles. The van der Waals surface area contributed by atoms with Crippen LogP contribution in [0, 0.1) is 0 Å². The van der Waals surface area contributed by atoms with E-state index in [0.29, 0.717) is 53.4 Å². The molecular formula is C28H29N7O5. The second-order valence-corrected chi connectivity index (χ2v) is 9.71. The van der Waals surface area contributed by atoms with Crippen LogP contribution in [0.1, 0.15) is 40.1 Å². The molecule has 0 radical (unpaired) electrons. The van der Waals surface area contributed by atoms with E-state index in [0.717, 1.165) is 35.8 Å². The SMILES string of the molecule is CNC(=O)c1ccc(-c2c[nH]c3nc(Nc4ccc(C(=O)NC5COC5)cc4OC)nc(OC4CCC4)c23)cn1. The van der Waals surface area contributed by atoms with E-state index in [1.807, 2.05) is 12.3 Å². The van der Waals surface area contributed by atoms with Gasteiger partial charge in [0.1, 0.15) is 23.2 Å². The molecule has 4 N–H and O–H groups in total. The van der Waals surface area contributed by atoms with Gasteiger partial charge in [-0.25, -0.2) is 0 Å². The minimum atomic E-state index is -0.254. The van der Waals surface area contributed by atoms with E-state index in [2.05, 4.69) is 30.9 Å². The minimum absolute atomic E-state index is 0.0285. The van der Waals surface area contributed by atoms with E-state index in [-0.39, 0.29) is 24.0 Å². The number of methoxy groups -OCH3 is 1. The number of ether oxygens (including phenoxy) is 3. The van der Waals surface area contributed by atoms with Crippen LogP contribution in [0.3, 0.4) is 0 Å². The summed E-state index contributed by atoms with van der Waals surface area (Å²) in [6, 6.07) is 8.67. The zero-order valence-corrected chi connectivity index (χ0v) is 22.1. The van der Waals surface area contributed by atoms with Crippen LogP contribution < -0.4 is 25.4 Å². The Morgan fingerprint density at radius 2 is 1.95 bits per heavy atom. The standard InChI is InChI=1S/C28H29N7O5/c1-29-26(37)21-9-7-16(11-30-21)19-12-31-24-23(19)27(40-18-4-3-5-18)35-28(34-24)33-20-8-6-15(10-22(20)38-2)25(36)32-17-13-39-14-17/h6-12,17-18H,3-5,13-14H2,1-2H3,(H,29,37)(H,32,36)(H2,31,33,34,35). The number of aromatic nitrogens is 4. The van der Waals surface area contributed by atoms with Gasteiger partial charge in [-0.05, 0) is 43.5 Å². The van der Waals surface area contributed by atoms with Gasteiger partial charge in [-0.3, -0.25) is 14.6 Å². The fraction of sp³-hybridized carbons (Fsp3) is 0.321. The van der Waals surface area contributed by atoms with Crippen LogP contribution in [0.25, 0.3) is 22.2 Å². The number of benzene rings is 1. The quantitative estimate of drug-likeness (QED) is 0.249. The molecule has 4 aromatic rings. The van der Waals surface area contributed by atoms with Crippen molar-refractivity contribution < 1.29 is 23.8 Å². The summed E-state index contributed by atoms with van der Waals surface area (Å²) in [4.78, 5) is 41.4. The zero-order valence-electron chi connectivity index (χ0n) is 22.1. The van der Waals surface area contributed by atoms with Crippen molar-refractivity contribution in [1.82, 2.24) is 30.6 Å². The van der Waals surface area contributed by atoms with E-state index in [9.17, 15) is 9.59 Å². The van der Waals surface area contributed by atoms with Crippen LogP contribution in [0.15, 0.2) is 42.7 Å². The highest BCUT2D eigenvalue weighted by molar-refractivity contribution is 5.99. The summed E-state index contributed by atoms with van der Waals surface area (Å²) in [5, 5.41) is 9.45. The molecule has 3 aromatic heterocycles. The van der Waals surface area contributed by atoms with E-state index in [4.69, 9.17) is 19.2 Å². The second-order valence-electron chi connectivity index (χ2n) is 9.71. The Labute approximate surface area is 229 Å². The average Bonchev–Trinajstić information content (AvgIpc) is 3.36. The number of carbonyl (C=O) groups excluding carboxylic acids is 2. The van der Waals surface area contributed by atoms with Crippen molar-refractivity contribution in [2.45, 2.75) is 31.4 Å². The number of rotatable bonds is 9. The molecule has 0 atom stereocenters. The topological polar surface area (TPSA) is 152 Å². The lowest BCUT2D eigenvalue weighted by Crippen LogP contribution is -2.48. The summed E-state index contributed by atoms with van der Waals surface area (Å²) >= 11 is 0. The molecule has 2 aliphatic rings. The van der Waals surface area contributed by atoms with Gasteiger partial charge in [0, 0.05) is 36.1 Å². The molecule has 0 unspecified atom stereocenters. The molecule has 1 saturated heterocycles. The van der Waals surface area contributed by atoms with Gasteiger partial charge in [0.2, 0.25) is 11.8 Å². The van der Waals surface area contributed by atoms with E-state index in [1.54, 1.807) is 37.5 Å². The van der Waals surface area contributed by atoms with Gasteiger partial charge in [0.05, 0.1) is 37.4 Å². The third kappa shape index (κ3) is 5.00. The Morgan fingerprint density at radius 3 is 2.60 bits per heavy atom. The number of anilines is 2. The molecule has 1 saturated carbocycles. The number of H-pyrrole nitrogens is 1. The molecule has 0 spiro atoms. The summed E-state index contributed by atoms with van der Waals surface area (Å²) in [7, 11) is 3.11. The van der Waals surface area contributed by atoms with Gasteiger partial charge in [0.15, 0.2) is 0 Å². The van der Waals surface area contributed by atoms with Crippen LogP contribution >= 0.6 is 0 Å². The number of fused-ring (bicyclic) bond motifs is 1. The molecule has 206 valence electrons. The smallest absolute Gasteiger partial charge is 0.269 e. The molecule has 0 bridgehead atoms. The Bertz CT molecular complexity index is 1560. The first kappa shape index (κ1) is 25.6. The van der Waals surface area contributed by atoms with Crippen molar-refractivity contribution in [1.29, 1.82) is 0 Å². The Morgan fingerprint density at radius 1 is 1.10 bits per heavy atom. The predicted octanol–water partition coefficient (Wildman–Crippen LogP) is 3.19. The van der Waals surface area contributed by atoms with Crippen LogP contribution in [0.4, 0.5) is 11.6 Å². The number of aromatic amines is 1. The number of hydrogen-bond donors (Lipinski definition) is 4. The molecule has 12 heteroatoms. The van der Waals surface area contributed by atoms with Crippen molar-refractivity contribution in [2.24, 2.45) is 0 Å². The van der Waals surface area contributed by atoms with Gasteiger partial charge in [-0.2, -0.15) is 9.97 Å². The number of amides is 2. The van der Waals surface area contributed by atoms with Gasteiger partial charge >= 0.3 is 0 Å². The Kier molecular flexibility index (Phi) is 6.91. The van der Waals surface area contributed by atoms with E-state index in [1.165, 1.54) is 7.11 Å². The largest absolute Gasteiger partial charge is 0.495 e. The van der Waals surface area contributed by atoms with Crippen molar-refractivity contribution in [2.75, 3.05) is 32.7 Å². The lowest BCUT2D eigenvalue weighted by Gasteiger charge is -2.27. The first-order valence-electron chi connectivity index (χ1n) is 13.1. The molecule has 1 aliphatic carbocycles. The fourth-order valence-corrected chi connectivity index (χ4v) is 4.47. The monoisotopic (exact) mass is 543 g/mol. The Hall–Kier alpha value is -4.71. The molecule has 2 fully saturated rings. The maximum Gasteiger partial charge on any atom is 0.269 e. The van der Waals surface area contributed by atoms with Gasteiger partial charge in [-0.15, -0.1) is 0 Å². The van der Waals surface area contributed by atoms with Gasteiger partial charge in [0.25, 0.3) is 11.8 Å². The highest BCUT2D eigenvalue weighted by atomic mass is 16.5. The summed E-state index contributed by atoms with van der Waals surface area (Å²) in [5.74, 6) is 0.781.